The molecule has 0 spiro atoms. The second-order valence-electron chi connectivity index (χ2n) is 6.20. The molecule has 2 aliphatic rings. The van der Waals surface area contributed by atoms with E-state index in [2.05, 4.69) is 15.6 Å². The number of nitrogens with zero attached hydrogens (tertiary/aromatic N) is 2. The van der Waals surface area contributed by atoms with Crippen molar-refractivity contribution in [3.63, 3.8) is 0 Å². The van der Waals surface area contributed by atoms with Gasteiger partial charge in [-0.15, -0.1) is 0 Å². The van der Waals surface area contributed by atoms with E-state index in [1.165, 1.54) is 0 Å². The van der Waals surface area contributed by atoms with E-state index in [4.69, 9.17) is 5.73 Å². The average Bonchev–Trinajstić information content (AvgIpc) is 3.04. The van der Waals surface area contributed by atoms with Crippen molar-refractivity contribution in [2.75, 3.05) is 36.4 Å². The Morgan fingerprint density at radius 1 is 1.43 bits per heavy atom. The van der Waals surface area contributed by atoms with Crippen LogP contribution in [0.1, 0.15) is 19.3 Å². The highest BCUT2D eigenvalue weighted by Crippen LogP contribution is 2.31. The lowest BCUT2D eigenvalue weighted by atomic mass is 9.95. The first-order valence-corrected chi connectivity index (χ1v) is 8.16. The van der Waals surface area contributed by atoms with Crippen molar-refractivity contribution in [1.29, 1.82) is 0 Å². The van der Waals surface area contributed by atoms with Crippen molar-refractivity contribution in [2.45, 2.75) is 19.3 Å². The van der Waals surface area contributed by atoms with Gasteiger partial charge in [-0.05, 0) is 37.4 Å². The zero-order chi connectivity index (χ0) is 16.2. The summed E-state index contributed by atoms with van der Waals surface area (Å²) in [6, 6.07) is 3.67. The van der Waals surface area contributed by atoms with Gasteiger partial charge in [0.25, 0.3) is 0 Å². The number of nitrogens with one attached hydrogen (secondary N) is 2. The summed E-state index contributed by atoms with van der Waals surface area (Å²) in [4.78, 5) is 30.1. The Kier molecular flexibility index (Phi) is 4.76. The normalized spacial score (nSPS) is 24.4. The number of amides is 2. The molecule has 7 nitrogen and oxygen atoms in total. The topological polar surface area (TPSA) is 100 Å². The molecular formula is C16H23N5O2. The maximum atomic E-state index is 12.4. The summed E-state index contributed by atoms with van der Waals surface area (Å²) in [5.74, 6) is 1.08. The van der Waals surface area contributed by atoms with Crippen molar-refractivity contribution >= 4 is 23.3 Å². The van der Waals surface area contributed by atoms with E-state index < -0.39 is 0 Å². The lowest BCUT2D eigenvalue weighted by Crippen LogP contribution is -2.48. The third kappa shape index (κ3) is 3.61. The number of carbonyl (C=O) groups excluding carboxylic acids is 2. The average molecular weight is 317 g/mol. The van der Waals surface area contributed by atoms with Crippen LogP contribution in [-0.4, -0.2) is 43.0 Å². The molecule has 1 saturated carbocycles. The molecule has 2 fully saturated rings. The van der Waals surface area contributed by atoms with Gasteiger partial charge >= 0.3 is 0 Å². The molecule has 0 unspecified atom stereocenters. The number of aromatic nitrogens is 1. The molecule has 1 aromatic rings. The van der Waals surface area contributed by atoms with Gasteiger partial charge in [0.1, 0.15) is 5.82 Å². The monoisotopic (exact) mass is 317 g/mol. The summed E-state index contributed by atoms with van der Waals surface area (Å²) in [5.41, 5.74) is 6.42. The van der Waals surface area contributed by atoms with Gasteiger partial charge in [-0.2, -0.15) is 0 Å². The van der Waals surface area contributed by atoms with E-state index in [1.54, 1.807) is 6.20 Å². The number of anilines is 2. The number of rotatable bonds is 4. The van der Waals surface area contributed by atoms with Crippen molar-refractivity contribution in [3.8, 4) is 0 Å². The molecule has 7 heteroatoms. The first kappa shape index (κ1) is 15.7. The maximum absolute atomic E-state index is 12.4. The van der Waals surface area contributed by atoms with Gasteiger partial charge in [0.15, 0.2) is 0 Å². The molecule has 1 aromatic heterocycles. The van der Waals surface area contributed by atoms with Crippen molar-refractivity contribution < 1.29 is 9.59 Å². The fourth-order valence-electron chi connectivity index (χ4n) is 3.38. The highest BCUT2D eigenvalue weighted by molar-refractivity contribution is 5.93. The van der Waals surface area contributed by atoms with Gasteiger partial charge in [-0.25, -0.2) is 4.98 Å². The van der Waals surface area contributed by atoms with Gasteiger partial charge < -0.3 is 21.3 Å². The van der Waals surface area contributed by atoms with Gasteiger partial charge in [0.2, 0.25) is 11.8 Å². The van der Waals surface area contributed by atoms with Crippen LogP contribution in [0.2, 0.25) is 0 Å². The minimum Gasteiger partial charge on any atom is -0.353 e. The van der Waals surface area contributed by atoms with E-state index in [9.17, 15) is 9.59 Å². The minimum atomic E-state index is 0.00416. The molecule has 2 heterocycles. The Morgan fingerprint density at radius 3 is 3.00 bits per heavy atom. The SMILES string of the molecule is NC[C@H]1CCC[C@H]1C(=O)Nc1ccc(N2CCNC(=O)C2)nc1. The Hall–Kier alpha value is -2.15. The molecular weight excluding hydrogens is 294 g/mol. The van der Waals surface area contributed by atoms with Crippen LogP contribution in [0.5, 0.6) is 0 Å². The zero-order valence-electron chi connectivity index (χ0n) is 13.1. The predicted molar refractivity (Wildman–Crippen MR) is 88.0 cm³/mol. The zero-order valence-corrected chi connectivity index (χ0v) is 13.1. The Labute approximate surface area is 135 Å². The first-order valence-electron chi connectivity index (χ1n) is 8.16. The van der Waals surface area contributed by atoms with E-state index in [-0.39, 0.29) is 23.7 Å². The third-order valence-corrected chi connectivity index (χ3v) is 4.68. The van der Waals surface area contributed by atoms with Gasteiger partial charge in [0, 0.05) is 19.0 Å². The number of hydrogen-bond donors (Lipinski definition) is 3. The molecule has 2 amide bonds. The van der Waals surface area contributed by atoms with Crippen LogP contribution in [0.4, 0.5) is 11.5 Å². The summed E-state index contributed by atoms with van der Waals surface area (Å²) < 4.78 is 0. The molecule has 2 atom stereocenters. The molecule has 0 radical (unpaired) electrons. The van der Waals surface area contributed by atoms with Crippen LogP contribution >= 0.6 is 0 Å². The van der Waals surface area contributed by atoms with E-state index in [0.717, 1.165) is 31.6 Å². The van der Waals surface area contributed by atoms with Gasteiger partial charge in [-0.1, -0.05) is 6.42 Å². The lowest BCUT2D eigenvalue weighted by Gasteiger charge is -2.27. The summed E-state index contributed by atoms with van der Waals surface area (Å²) in [7, 11) is 0. The maximum Gasteiger partial charge on any atom is 0.239 e. The van der Waals surface area contributed by atoms with Gasteiger partial charge in [0.05, 0.1) is 18.4 Å². The summed E-state index contributed by atoms with van der Waals surface area (Å²) >= 11 is 0. The number of pyridine rings is 1. The van der Waals surface area contributed by atoms with Crippen molar-refractivity contribution in [2.24, 2.45) is 17.6 Å². The van der Waals surface area contributed by atoms with Crippen LogP contribution in [0, 0.1) is 11.8 Å². The van der Waals surface area contributed by atoms with Crippen LogP contribution in [0.25, 0.3) is 0 Å². The van der Waals surface area contributed by atoms with Crippen LogP contribution in [0.3, 0.4) is 0 Å². The van der Waals surface area contributed by atoms with Gasteiger partial charge in [-0.3, -0.25) is 9.59 Å². The molecule has 23 heavy (non-hydrogen) atoms. The number of piperazine rings is 1. The van der Waals surface area contributed by atoms with Crippen molar-refractivity contribution in [3.05, 3.63) is 18.3 Å². The largest absolute Gasteiger partial charge is 0.353 e. The minimum absolute atomic E-state index is 0.00416. The summed E-state index contributed by atoms with van der Waals surface area (Å²) in [6.07, 6.45) is 4.64. The molecule has 1 aliphatic heterocycles. The molecule has 124 valence electrons. The second kappa shape index (κ2) is 6.95. The fourth-order valence-corrected chi connectivity index (χ4v) is 3.38. The quantitative estimate of drug-likeness (QED) is 0.743. The molecule has 3 rings (SSSR count). The second-order valence-corrected chi connectivity index (χ2v) is 6.20. The predicted octanol–water partition coefficient (Wildman–Crippen LogP) is 0.331. The first-order chi connectivity index (χ1) is 11.2. The smallest absolute Gasteiger partial charge is 0.239 e. The van der Waals surface area contributed by atoms with Crippen LogP contribution in [0.15, 0.2) is 18.3 Å². The molecule has 1 aliphatic carbocycles. The third-order valence-electron chi connectivity index (χ3n) is 4.68. The summed E-state index contributed by atoms with van der Waals surface area (Å²) in [6.45, 7) is 2.25. The Balaban J connectivity index is 1.61. The Bertz CT molecular complexity index is 574. The Morgan fingerprint density at radius 2 is 2.30 bits per heavy atom. The lowest BCUT2D eigenvalue weighted by molar-refractivity contribution is -0.121. The standard InChI is InChI=1S/C16H23N5O2/c17-8-11-2-1-3-13(11)16(23)20-12-4-5-14(19-9-12)21-7-6-18-15(22)10-21/h4-5,9,11,13H,1-3,6-8,10,17H2,(H,18,22)(H,20,23)/t11-,13-/m1/s1. The fraction of sp³-hybridized carbons (Fsp3) is 0.562. The number of hydrogen-bond acceptors (Lipinski definition) is 5. The van der Waals surface area contributed by atoms with E-state index in [1.807, 2.05) is 17.0 Å². The molecule has 4 N–H and O–H groups in total. The highest BCUT2D eigenvalue weighted by atomic mass is 16.2. The highest BCUT2D eigenvalue weighted by Gasteiger charge is 2.31. The summed E-state index contributed by atoms with van der Waals surface area (Å²) in [5, 5.41) is 5.72. The van der Waals surface area contributed by atoms with Crippen molar-refractivity contribution in [1.82, 2.24) is 10.3 Å². The van der Waals surface area contributed by atoms with E-state index in [0.29, 0.717) is 25.3 Å². The molecule has 0 bridgehead atoms. The molecule has 1 saturated heterocycles. The van der Waals surface area contributed by atoms with Crippen LogP contribution in [-0.2, 0) is 9.59 Å². The van der Waals surface area contributed by atoms with Crippen LogP contribution < -0.4 is 21.3 Å². The number of nitrogens with two attached hydrogens (primary N) is 1. The molecule has 0 aromatic carbocycles. The number of carbonyl (C=O) groups is 2. The van der Waals surface area contributed by atoms with E-state index >= 15 is 0 Å².